The standard InChI is InChI=1S/C15H17N3O3S/c1-18-13(5-7-16-18)15(21)17-12-4-2-3-11(9-12)10-22-8-6-14(19)20/h2-5,7,9H,6,8,10H2,1H3,(H,17,21)(H,19,20). The van der Waals surface area contributed by atoms with Gasteiger partial charge in [0.05, 0.1) is 6.42 Å². The zero-order valence-corrected chi connectivity index (χ0v) is 13.0. The van der Waals surface area contributed by atoms with Crippen LogP contribution >= 0.6 is 11.8 Å². The predicted molar refractivity (Wildman–Crippen MR) is 86.0 cm³/mol. The highest BCUT2D eigenvalue weighted by Gasteiger charge is 2.10. The predicted octanol–water partition coefficient (Wildman–Crippen LogP) is 2.38. The lowest BCUT2D eigenvalue weighted by Gasteiger charge is -2.07. The van der Waals surface area contributed by atoms with Crippen molar-refractivity contribution in [3.05, 3.63) is 47.8 Å². The number of aryl methyl sites for hydroxylation is 1. The van der Waals surface area contributed by atoms with Crippen LogP contribution in [-0.4, -0.2) is 32.5 Å². The van der Waals surface area contributed by atoms with Crippen molar-refractivity contribution in [3.8, 4) is 0 Å². The molecule has 1 aromatic heterocycles. The van der Waals surface area contributed by atoms with E-state index < -0.39 is 5.97 Å². The molecule has 116 valence electrons. The van der Waals surface area contributed by atoms with Crippen LogP contribution in [0.4, 0.5) is 5.69 Å². The summed E-state index contributed by atoms with van der Waals surface area (Å²) in [6.45, 7) is 0. The maximum atomic E-state index is 12.1. The van der Waals surface area contributed by atoms with Crippen LogP contribution < -0.4 is 5.32 Å². The molecule has 0 aliphatic heterocycles. The lowest BCUT2D eigenvalue weighted by atomic mass is 10.2. The number of aliphatic carboxylic acids is 1. The van der Waals surface area contributed by atoms with Gasteiger partial charge >= 0.3 is 5.97 Å². The molecule has 1 amide bonds. The van der Waals surface area contributed by atoms with Crippen LogP contribution in [0.5, 0.6) is 0 Å². The van der Waals surface area contributed by atoms with Gasteiger partial charge in [-0.2, -0.15) is 16.9 Å². The number of carbonyl (C=O) groups excluding carboxylic acids is 1. The van der Waals surface area contributed by atoms with Gasteiger partial charge in [0, 0.05) is 30.4 Å². The summed E-state index contributed by atoms with van der Waals surface area (Å²) in [5.41, 5.74) is 2.24. The van der Waals surface area contributed by atoms with Gasteiger partial charge in [-0.25, -0.2) is 0 Å². The van der Waals surface area contributed by atoms with Gasteiger partial charge in [-0.05, 0) is 23.8 Å². The number of rotatable bonds is 7. The second-order valence-corrected chi connectivity index (χ2v) is 5.80. The Balaban J connectivity index is 1.92. The summed E-state index contributed by atoms with van der Waals surface area (Å²) in [6, 6.07) is 9.18. The molecule has 0 atom stereocenters. The molecule has 0 radical (unpaired) electrons. The number of anilines is 1. The van der Waals surface area contributed by atoms with E-state index in [1.54, 1.807) is 31.1 Å². The van der Waals surface area contributed by atoms with Gasteiger partial charge in [-0.3, -0.25) is 14.3 Å². The molecule has 22 heavy (non-hydrogen) atoms. The molecule has 1 heterocycles. The summed E-state index contributed by atoms with van der Waals surface area (Å²) in [5.74, 6) is 0.282. The maximum Gasteiger partial charge on any atom is 0.304 e. The van der Waals surface area contributed by atoms with Gasteiger partial charge < -0.3 is 10.4 Å². The van der Waals surface area contributed by atoms with Crippen LogP contribution in [-0.2, 0) is 17.6 Å². The molecule has 0 bridgehead atoms. The highest BCUT2D eigenvalue weighted by Crippen LogP contribution is 2.17. The van der Waals surface area contributed by atoms with E-state index in [0.29, 0.717) is 22.9 Å². The largest absolute Gasteiger partial charge is 0.481 e. The average Bonchev–Trinajstić information content (AvgIpc) is 2.90. The number of carboxylic acids is 1. The number of benzene rings is 1. The first-order valence-electron chi connectivity index (χ1n) is 6.74. The van der Waals surface area contributed by atoms with Crippen LogP contribution in [0.1, 0.15) is 22.5 Å². The van der Waals surface area contributed by atoms with E-state index in [4.69, 9.17) is 5.11 Å². The highest BCUT2D eigenvalue weighted by molar-refractivity contribution is 7.98. The molecule has 7 heteroatoms. The normalized spacial score (nSPS) is 10.4. The SMILES string of the molecule is Cn1nccc1C(=O)Nc1cccc(CSCCC(=O)O)c1. The quantitative estimate of drug-likeness (QED) is 0.766. The number of thioether (sulfide) groups is 1. The lowest BCUT2D eigenvalue weighted by molar-refractivity contribution is -0.136. The van der Waals surface area contributed by atoms with Gasteiger partial charge in [-0.15, -0.1) is 0 Å². The minimum Gasteiger partial charge on any atom is -0.481 e. The molecule has 0 fully saturated rings. The molecule has 2 rings (SSSR count). The lowest BCUT2D eigenvalue weighted by Crippen LogP contribution is -2.16. The molecule has 2 aromatic rings. The van der Waals surface area contributed by atoms with E-state index in [-0.39, 0.29) is 12.3 Å². The number of amides is 1. The Morgan fingerprint density at radius 2 is 2.18 bits per heavy atom. The van der Waals surface area contributed by atoms with E-state index in [1.165, 1.54) is 4.68 Å². The minimum absolute atomic E-state index is 0.154. The summed E-state index contributed by atoms with van der Waals surface area (Å²) >= 11 is 1.55. The van der Waals surface area contributed by atoms with Gasteiger partial charge in [0.1, 0.15) is 5.69 Å². The van der Waals surface area contributed by atoms with Crippen LogP contribution in [0.15, 0.2) is 36.5 Å². The van der Waals surface area contributed by atoms with E-state index >= 15 is 0 Å². The van der Waals surface area contributed by atoms with Crippen molar-refractivity contribution >= 4 is 29.3 Å². The van der Waals surface area contributed by atoms with Crippen LogP contribution in [0.3, 0.4) is 0 Å². The van der Waals surface area contributed by atoms with E-state index in [2.05, 4.69) is 10.4 Å². The van der Waals surface area contributed by atoms with Crippen molar-refractivity contribution in [1.82, 2.24) is 9.78 Å². The summed E-state index contributed by atoms with van der Waals surface area (Å²) in [5, 5.41) is 15.4. The zero-order chi connectivity index (χ0) is 15.9. The van der Waals surface area contributed by atoms with Crippen LogP contribution in [0.25, 0.3) is 0 Å². The molecule has 0 unspecified atom stereocenters. The Labute approximate surface area is 132 Å². The molecule has 1 aromatic carbocycles. The topological polar surface area (TPSA) is 84.2 Å². The Morgan fingerprint density at radius 3 is 2.86 bits per heavy atom. The monoisotopic (exact) mass is 319 g/mol. The molecule has 0 aliphatic rings. The molecular weight excluding hydrogens is 302 g/mol. The van der Waals surface area contributed by atoms with Crippen LogP contribution in [0, 0.1) is 0 Å². The van der Waals surface area contributed by atoms with Crippen molar-refractivity contribution < 1.29 is 14.7 Å². The molecular formula is C15H17N3O3S. The second kappa shape index (κ2) is 7.65. The third-order valence-corrected chi connectivity index (χ3v) is 4.00. The molecule has 2 N–H and O–H groups in total. The highest BCUT2D eigenvalue weighted by atomic mass is 32.2. The van der Waals surface area contributed by atoms with Crippen molar-refractivity contribution in [3.63, 3.8) is 0 Å². The fourth-order valence-electron chi connectivity index (χ4n) is 1.88. The van der Waals surface area contributed by atoms with Crippen LogP contribution in [0.2, 0.25) is 0 Å². The molecule has 0 saturated heterocycles. The first-order chi connectivity index (χ1) is 10.6. The Morgan fingerprint density at radius 1 is 1.36 bits per heavy atom. The Kier molecular flexibility index (Phi) is 5.60. The summed E-state index contributed by atoms with van der Waals surface area (Å²) in [4.78, 5) is 22.6. The molecule has 0 spiro atoms. The van der Waals surface area contributed by atoms with Crippen molar-refractivity contribution in [2.24, 2.45) is 7.05 Å². The third kappa shape index (κ3) is 4.63. The van der Waals surface area contributed by atoms with Gasteiger partial charge in [-0.1, -0.05) is 12.1 Å². The zero-order valence-electron chi connectivity index (χ0n) is 12.2. The van der Waals surface area contributed by atoms with Crippen molar-refractivity contribution in [1.29, 1.82) is 0 Å². The first kappa shape index (κ1) is 16.1. The number of aromatic nitrogens is 2. The van der Waals surface area contributed by atoms with E-state index in [9.17, 15) is 9.59 Å². The van der Waals surface area contributed by atoms with Gasteiger partial charge in [0.2, 0.25) is 0 Å². The Hall–Kier alpha value is -2.28. The number of carbonyl (C=O) groups is 2. The summed E-state index contributed by atoms with van der Waals surface area (Å²) in [7, 11) is 1.71. The molecule has 0 saturated carbocycles. The smallest absolute Gasteiger partial charge is 0.304 e. The maximum absolute atomic E-state index is 12.1. The minimum atomic E-state index is -0.787. The number of hydrogen-bond donors (Lipinski definition) is 2. The number of nitrogens with one attached hydrogen (secondary N) is 1. The average molecular weight is 319 g/mol. The first-order valence-corrected chi connectivity index (χ1v) is 7.89. The second-order valence-electron chi connectivity index (χ2n) is 4.69. The number of hydrogen-bond acceptors (Lipinski definition) is 4. The fraction of sp³-hybridized carbons (Fsp3) is 0.267. The third-order valence-electron chi connectivity index (χ3n) is 2.97. The van der Waals surface area contributed by atoms with Gasteiger partial charge in [0.15, 0.2) is 0 Å². The number of nitrogens with zero attached hydrogens (tertiary/aromatic N) is 2. The number of carboxylic acid groups (broad SMARTS) is 1. The van der Waals surface area contributed by atoms with Gasteiger partial charge in [0.25, 0.3) is 5.91 Å². The van der Waals surface area contributed by atoms with E-state index in [1.807, 2.05) is 24.3 Å². The van der Waals surface area contributed by atoms with E-state index in [0.717, 1.165) is 5.56 Å². The van der Waals surface area contributed by atoms with Crippen molar-refractivity contribution in [2.45, 2.75) is 12.2 Å². The fourth-order valence-corrected chi connectivity index (χ4v) is 2.76. The molecule has 0 aliphatic carbocycles. The Bertz CT molecular complexity index is 670. The summed E-state index contributed by atoms with van der Waals surface area (Å²) < 4.78 is 1.51. The summed E-state index contributed by atoms with van der Waals surface area (Å²) in [6.07, 6.45) is 1.73. The molecule has 6 nitrogen and oxygen atoms in total. The van der Waals surface area contributed by atoms with Crippen molar-refractivity contribution in [2.75, 3.05) is 11.1 Å².